The molecule has 0 saturated carbocycles. The summed E-state index contributed by atoms with van der Waals surface area (Å²) >= 11 is 0. The van der Waals surface area contributed by atoms with E-state index in [0.29, 0.717) is 0 Å². The van der Waals surface area contributed by atoms with Gasteiger partial charge in [0.05, 0.1) is 0 Å². The predicted octanol–water partition coefficient (Wildman–Crippen LogP) is 7.18. The van der Waals surface area contributed by atoms with Crippen molar-refractivity contribution >= 4 is 0 Å². The summed E-state index contributed by atoms with van der Waals surface area (Å²) in [4.78, 5) is 0. The smallest absolute Gasteiger partial charge is 0.0538 e. The first-order valence-electron chi connectivity index (χ1n) is 5.41. The lowest BCUT2D eigenvalue weighted by atomic mass is 10.3. The predicted molar refractivity (Wildman–Crippen MR) is 79.4 cm³/mol. The summed E-state index contributed by atoms with van der Waals surface area (Å²) in [6.45, 7) is 16.4. The summed E-state index contributed by atoms with van der Waals surface area (Å²) < 4.78 is 0. The second kappa shape index (κ2) is 208. The van der Waals surface area contributed by atoms with E-state index in [1.807, 2.05) is 41.5 Å². The molecule has 0 heteroatoms. The molecule has 14 heavy (non-hydrogen) atoms. The summed E-state index contributed by atoms with van der Waals surface area (Å²) in [6, 6.07) is 0. The monoisotopic (exact) mass is 210 g/mol. The molecule has 0 heterocycles. The van der Waals surface area contributed by atoms with E-state index in [1.165, 1.54) is 19.3 Å². The zero-order valence-corrected chi connectivity index (χ0v) is 10.1. The lowest BCUT2D eigenvalue weighted by Gasteiger charge is -1.79. The molecule has 98 valence electrons. The van der Waals surface area contributed by atoms with Gasteiger partial charge in [-0.25, -0.2) is 0 Å². The summed E-state index contributed by atoms with van der Waals surface area (Å²) in [7, 11) is 0. The molecular weight excluding hydrogens is 168 g/mol. The highest BCUT2D eigenvalue weighted by Gasteiger charge is 1.68. The van der Waals surface area contributed by atoms with Crippen molar-refractivity contribution in [3.8, 4) is 0 Å². The lowest BCUT2D eigenvalue weighted by molar-refractivity contribution is 0.772. The van der Waals surface area contributed by atoms with Crippen LogP contribution in [0.15, 0.2) is 0 Å². The Morgan fingerprint density at radius 3 is 0.643 bits per heavy atom. The van der Waals surface area contributed by atoms with Crippen molar-refractivity contribution in [2.75, 3.05) is 0 Å². The first kappa shape index (κ1) is 48.3. The highest BCUT2D eigenvalue weighted by atomic mass is 13.7. The Kier molecular flexibility index (Phi) is 717. The Morgan fingerprint density at radius 2 is 0.643 bits per heavy atom. The maximum absolute atomic E-state index is 2.21. The number of hydrogen-bond donors (Lipinski definition) is 0. The van der Waals surface area contributed by atoms with Crippen molar-refractivity contribution in [1.29, 1.82) is 0 Å². The molecular formula is C14H42. The molecule has 0 saturated heterocycles. The molecule has 0 aromatic heterocycles. The molecule has 0 unspecified atom stereocenters. The van der Waals surface area contributed by atoms with E-state index in [9.17, 15) is 0 Å². The van der Waals surface area contributed by atoms with Crippen LogP contribution >= 0.6 is 0 Å². The Hall–Kier alpha value is 0. The van der Waals surface area contributed by atoms with Crippen molar-refractivity contribution in [2.24, 2.45) is 0 Å². The Balaban J connectivity index is -0.00000000972. The van der Waals surface area contributed by atoms with E-state index in [2.05, 4.69) is 13.8 Å². The van der Waals surface area contributed by atoms with Gasteiger partial charge >= 0.3 is 0 Å². The van der Waals surface area contributed by atoms with Gasteiger partial charge in [0, 0.05) is 0 Å². The second-order valence-electron chi connectivity index (χ2n) is 1.35. The third kappa shape index (κ3) is 363. The average Bonchev–Trinajstić information content (AvgIpc) is 2.16. The highest BCUT2D eigenvalue weighted by molar-refractivity contribution is 4.24. The van der Waals surface area contributed by atoms with Crippen LogP contribution < -0.4 is 0 Å². The van der Waals surface area contributed by atoms with E-state index in [4.69, 9.17) is 0 Å². The van der Waals surface area contributed by atoms with Crippen LogP contribution in [0, 0.1) is 0 Å². The standard InChI is InChI=1S/C5H12.3C2H6.3CH4/c1-3-5-4-2;3*1-2;;;/h3-5H2,1-2H3;3*1-2H3;3*1H4. The molecule has 0 nitrogen and oxygen atoms in total. The Morgan fingerprint density at radius 1 is 0.500 bits per heavy atom. The highest BCUT2D eigenvalue weighted by Crippen LogP contribution is 1.88. The molecule has 0 rings (SSSR count). The van der Waals surface area contributed by atoms with Crippen molar-refractivity contribution in [2.45, 2.75) is 96.9 Å². The Bertz CT molecular complexity index is 7.51. The van der Waals surface area contributed by atoms with Gasteiger partial charge in [-0.15, -0.1) is 0 Å². The fourth-order valence-electron chi connectivity index (χ4n) is 0.354. The summed E-state index contributed by atoms with van der Waals surface area (Å²) in [5, 5.41) is 0. The third-order valence-corrected chi connectivity index (χ3v) is 0.707. The van der Waals surface area contributed by atoms with Gasteiger partial charge in [0.1, 0.15) is 0 Å². The molecule has 0 N–H and O–H groups in total. The number of unbranched alkanes of at least 4 members (excludes halogenated alkanes) is 2. The van der Waals surface area contributed by atoms with Gasteiger partial charge in [-0.3, -0.25) is 0 Å². The summed E-state index contributed by atoms with van der Waals surface area (Å²) in [5.41, 5.74) is 0. The van der Waals surface area contributed by atoms with Gasteiger partial charge in [0.2, 0.25) is 0 Å². The molecule has 0 spiro atoms. The zero-order chi connectivity index (χ0) is 10.1. The van der Waals surface area contributed by atoms with Gasteiger partial charge in [-0.05, 0) is 0 Å². The second-order valence-corrected chi connectivity index (χ2v) is 1.35. The number of hydrogen-bond acceptors (Lipinski definition) is 0. The molecule has 0 amide bonds. The molecule has 0 aromatic carbocycles. The van der Waals surface area contributed by atoms with Crippen molar-refractivity contribution in [3.05, 3.63) is 0 Å². The van der Waals surface area contributed by atoms with Gasteiger partial charge in [0.25, 0.3) is 0 Å². The topological polar surface area (TPSA) is 0 Å². The minimum Gasteiger partial charge on any atom is -0.0776 e. The summed E-state index contributed by atoms with van der Waals surface area (Å²) in [5.74, 6) is 0. The number of rotatable bonds is 2. The van der Waals surface area contributed by atoms with Gasteiger partial charge < -0.3 is 0 Å². The molecule has 0 aliphatic rings. The van der Waals surface area contributed by atoms with Crippen LogP contribution in [0.1, 0.15) is 96.9 Å². The minimum atomic E-state index is 0. The van der Waals surface area contributed by atoms with Crippen LogP contribution in [0.3, 0.4) is 0 Å². The van der Waals surface area contributed by atoms with Gasteiger partial charge in [-0.2, -0.15) is 0 Å². The molecule has 0 aliphatic carbocycles. The van der Waals surface area contributed by atoms with Crippen LogP contribution in [-0.4, -0.2) is 0 Å². The quantitative estimate of drug-likeness (QED) is 0.452. The molecule has 0 bridgehead atoms. The van der Waals surface area contributed by atoms with Crippen molar-refractivity contribution < 1.29 is 0 Å². The maximum atomic E-state index is 2.21. The first-order chi connectivity index (χ1) is 5.41. The summed E-state index contributed by atoms with van der Waals surface area (Å²) in [6.07, 6.45) is 4.08. The van der Waals surface area contributed by atoms with Crippen LogP contribution in [-0.2, 0) is 0 Å². The van der Waals surface area contributed by atoms with Crippen molar-refractivity contribution in [3.63, 3.8) is 0 Å². The van der Waals surface area contributed by atoms with E-state index in [1.54, 1.807) is 0 Å². The molecule has 0 radical (unpaired) electrons. The normalized spacial score (nSPS) is 4.29. The Labute approximate surface area is 97.5 Å². The van der Waals surface area contributed by atoms with Crippen LogP contribution in [0.2, 0.25) is 0 Å². The van der Waals surface area contributed by atoms with Gasteiger partial charge in [-0.1, -0.05) is 96.9 Å². The van der Waals surface area contributed by atoms with E-state index in [-0.39, 0.29) is 22.3 Å². The van der Waals surface area contributed by atoms with E-state index in [0.717, 1.165) is 0 Å². The van der Waals surface area contributed by atoms with E-state index >= 15 is 0 Å². The maximum Gasteiger partial charge on any atom is -0.0538 e. The molecule has 0 fully saturated rings. The zero-order valence-electron chi connectivity index (χ0n) is 10.1. The SMILES string of the molecule is C.C.C.CC.CC.CC.CCCCC. The fraction of sp³-hybridized carbons (Fsp3) is 1.00. The molecule has 0 atom stereocenters. The first-order valence-corrected chi connectivity index (χ1v) is 5.41. The van der Waals surface area contributed by atoms with E-state index < -0.39 is 0 Å². The van der Waals surface area contributed by atoms with Gasteiger partial charge in [0.15, 0.2) is 0 Å². The van der Waals surface area contributed by atoms with Crippen LogP contribution in [0.5, 0.6) is 0 Å². The molecule has 0 aliphatic heterocycles. The average molecular weight is 210 g/mol. The van der Waals surface area contributed by atoms with Crippen LogP contribution in [0.25, 0.3) is 0 Å². The van der Waals surface area contributed by atoms with Crippen LogP contribution in [0.4, 0.5) is 0 Å². The van der Waals surface area contributed by atoms with Crippen molar-refractivity contribution in [1.82, 2.24) is 0 Å². The fourth-order valence-corrected chi connectivity index (χ4v) is 0.354. The third-order valence-electron chi connectivity index (χ3n) is 0.707. The minimum absolute atomic E-state index is 0. The lowest BCUT2D eigenvalue weighted by Crippen LogP contribution is -1.59. The molecule has 0 aromatic rings. The largest absolute Gasteiger partial charge is 0.0776 e.